The van der Waals surface area contributed by atoms with E-state index >= 15 is 0 Å². The Morgan fingerprint density at radius 3 is 2.72 bits per heavy atom. The van der Waals surface area contributed by atoms with Crippen LogP contribution in [0.3, 0.4) is 0 Å². The quantitative estimate of drug-likeness (QED) is 0.350. The van der Waals surface area contributed by atoms with Crippen LogP contribution in [-0.2, 0) is 18.4 Å². The summed E-state index contributed by atoms with van der Waals surface area (Å²) in [7, 11) is 3.36. The van der Waals surface area contributed by atoms with Crippen molar-refractivity contribution >= 4 is 45.3 Å². The Bertz CT molecular complexity index is 1410. The summed E-state index contributed by atoms with van der Waals surface area (Å²) < 4.78 is 35.7. The molecule has 166 valence electrons. The summed E-state index contributed by atoms with van der Waals surface area (Å²) in [6.45, 7) is 2.17. The number of amides is 1. The number of fused-ring (bicyclic) bond motifs is 3. The highest BCUT2D eigenvalue weighted by atomic mass is 32.2. The number of benzene rings is 2. The number of nitrogens with one attached hydrogen (secondary N) is 1. The van der Waals surface area contributed by atoms with Gasteiger partial charge in [-0.25, -0.2) is 13.8 Å². The van der Waals surface area contributed by atoms with Gasteiger partial charge in [0.1, 0.15) is 28.4 Å². The minimum Gasteiger partial charge on any atom is -0.497 e. The minimum absolute atomic E-state index is 0.137. The van der Waals surface area contributed by atoms with E-state index in [0.29, 0.717) is 28.5 Å². The van der Waals surface area contributed by atoms with Crippen molar-refractivity contribution in [2.75, 3.05) is 18.2 Å². The van der Waals surface area contributed by atoms with E-state index in [1.54, 1.807) is 18.7 Å². The van der Waals surface area contributed by atoms with Gasteiger partial charge in [-0.05, 0) is 37.3 Å². The van der Waals surface area contributed by atoms with E-state index in [-0.39, 0.29) is 17.0 Å². The molecule has 0 radical (unpaired) electrons. The average Bonchev–Trinajstić information content (AvgIpc) is 3.06. The first kappa shape index (κ1) is 21.8. The number of halogens is 2. The van der Waals surface area contributed by atoms with Crippen LogP contribution in [0.15, 0.2) is 46.3 Å². The van der Waals surface area contributed by atoms with Crippen molar-refractivity contribution in [1.29, 1.82) is 0 Å². The number of rotatable bonds is 6. The Morgan fingerprint density at radius 1 is 1.22 bits per heavy atom. The van der Waals surface area contributed by atoms with Crippen LogP contribution in [0, 0.1) is 11.6 Å². The largest absolute Gasteiger partial charge is 0.497 e. The standard InChI is InChI=1S/C22H20F2N4O3S/c1-4-28-21(30)20-19(14-10-13(31-3)6-8-17(14)27(20)2)26-22(28)32-11-18(29)25-16-9-12(23)5-7-15(16)24/h5-10H,4,11H2,1-3H3,(H,25,29). The van der Waals surface area contributed by atoms with Crippen molar-refractivity contribution in [3.8, 4) is 5.75 Å². The molecule has 4 rings (SSSR count). The molecule has 2 aromatic heterocycles. The molecule has 7 nitrogen and oxygen atoms in total. The fraction of sp³-hybridized carbons (Fsp3) is 0.227. The molecule has 0 bridgehead atoms. The second kappa shape index (κ2) is 8.62. The summed E-state index contributed by atoms with van der Waals surface area (Å²) in [4.78, 5) is 30.2. The lowest BCUT2D eigenvalue weighted by molar-refractivity contribution is -0.113. The van der Waals surface area contributed by atoms with Crippen molar-refractivity contribution in [2.24, 2.45) is 7.05 Å². The van der Waals surface area contributed by atoms with Crippen molar-refractivity contribution in [3.05, 3.63) is 58.4 Å². The molecule has 0 spiro atoms. The Kier molecular flexibility index (Phi) is 5.88. The molecular formula is C22H20F2N4O3S. The van der Waals surface area contributed by atoms with Crippen molar-refractivity contribution < 1.29 is 18.3 Å². The number of methoxy groups -OCH3 is 1. The van der Waals surface area contributed by atoms with Crippen LogP contribution in [0.4, 0.5) is 14.5 Å². The third-order valence-corrected chi connectivity index (χ3v) is 6.09. The second-order valence-corrected chi connectivity index (χ2v) is 7.99. The van der Waals surface area contributed by atoms with Crippen LogP contribution in [0.25, 0.3) is 21.9 Å². The minimum atomic E-state index is -0.737. The molecule has 1 N–H and O–H groups in total. The first-order chi connectivity index (χ1) is 15.3. The van der Waals surface area contributed by atoms with Gasteiger partial charge in [0.15, 0.2) is 5.16 Å². The van der Waals surface area contributed by atoms with Crippen LogP contribution in [0.1, 0.15) is 6.92 Å². The van der Waals surface area contributed by atoms with Gasteiger partial charge in [0.05, 0.1) is 24.1 Å². The normalized spacial score (nSPS) is 11.3. The molecule has 0 aliphatic heterocycles. The number of aromatic nitrogens is 3. The first-order valence-corrected chi connectivity index (χ1v) is 10.8. The Hall–Kier alpha value is -3.40. The molecule has 4 aromatic rings. The van der Waals surface area contributed by atoms with Gasteiger partial charge >= 0.3 is 0 Å². The lowest BCUT2D eigenvalue weighted by atomic mass is 10.2. The molecule has 32 heavy (non-hydrogen) atoms. The number of hydrogen-bond donors (Lipinski definition) is 1. The van der Waals surface area contributed by atoms with Crippen LogP contribution in [0.2, 0.25) is 0 Å². The number of thioether (sulfide) groups is 1. The predicted molar refractivity (Wildman–Crippen MR) is 120 cm³/mol. The number of carbonyl (C=O) groups excluding carboxylic acids is 1. The first-order valence-electron chi connectivity index (χ1n) is 9.78. The molecule has 1 amide bonds. The zero-order valence-electron chi connectivity index (χ0n) is 17.6. The zero-order valence-corrected chi connectivity index (χ0v) is 18.4. The Morgan fingerprint density at radius 2 is 2.00 bits per heavy atom. The smallest absolute Gasteiger partial charge is 0.278 e. The molecule has 2 aromatic carbocycles. The summed E-state index contributed by atoms with van der Waals surface area (Å²) in [5.74, 6) is -1.44. The van der Waals surface area contributed by atoms with Crippen molar-refractivity contribution in [2.45, 2.75) is 18.6 Å². The number of nitrogens with zero attached hydrogens (tertiary/aromatic N) is 3. The Balaban J connectivity index is 1.70. The number of aryl methyl sites for hydroxylation is 1. The molecule has 0 saturated carbocycles. The SMILES string of the molecule is CCn1c(SCC(=O)Nc2cc(F)ccc2F)nc2c3cc(OC)ccc3n(C)c2c1=O. The Labute approximate surface area is 186 Å². The van der Waals surface area contributed by atoms with Gasteiger partial charge in [-0.2, -0.15) is 0 Å². The van der Waals surface area contributed by atoms with E-state index in [2.05, 4.69) is 10.3 Å². The molecular weight excluding hydrogens is 438 g/mol. The van der Waals surface area contributed by atoms with E-state index in [0.717, 1.165) is 40.9 Å². The highest BCUT2D eigenvalue weighted by molar-refractivity contribution is 7.99. The topological polar surface area (TPSA) is 78.2 Å². The summed E-state index contributed by atoms with van der Waals surface area (Å²) in [6, 6.07) is 8.31. The summed E-state index contributed by atoms with van der Waals surface area (Å²) in [6.07, 6.45) is 0. The highest BCUT2D eigenvalue weighted by Gasteiger charge is 2.19. The summed E-state index contributed by atoms with van der Waals surface area (Å²) >= 11 is 1.05. The second-order valence-electron chi connectivity index (χ2n) is 7.04. The van der Waals surface area contributed by atoms with Gasteiger partial charge in [-0.1, -0.05) is 11.8 Å². The molecule has 0 saturated heterocycles. The zero-order chi connectivity index (χ0) is 23.0. The maximum atomic E-state index is 13.8. The molecule has 0 fully saturated rings. The van der Waals surface area contributed by atoms with Crippen LogP contribution >= 0.6 is 11.8 Å². The van der Waals surface area contributed by atoms with Gasteiger partial charge in [0, 0.05) is 25.0 Å². The fourth-order valence-electron chi connectivity index (χ4n) is 3.56. The third-order valence-electron chi connectivity index (χ3n) is 5.12. The van der Waals surface area contributed by atoms with Crippen LogP contribution in [-0.4, -0.2) is 32.9 Å². The summed E-state index contributed by atoms with van der Waals surface area (Å²) in [5, 5.41) is 3.47. The lowest BCUT2D eigenvalue weighted by Crippen LogP contribution is -2.24. The third kappa shape index (κ3) is 3.81. The van der Waals surface area contributed by atoms with Crippen molar-refractivity contribution in [1.82, 2.24) is 14.1 Å². The fourth-order valence-corrected chi connectivity index (χ4v) is 4.41. The maximum absolute atomic E-state index is 13.8. The summed E-state index contributed by atoms with van der Waals surface area (Å²) in [5.41, 5.74) is 1.32. The van der Waals surface area contributed by atoms with E-state index in [1.807, 2.05) is 25.1 Å². The maximum Gasteiger partial charge on any atom is 0.278 e. The average molecular weight is 458 g/mol. The van der Waals surface area contributed by atoms with E-state index in [9.17, 15) is 18.4 Å². The number of hydrogen-bond acceptors (Lipinski definition) is 5. The molecule has 10 heteroatoms. The van der Waals surface area contributed by atoms with E-state index in [4.69, 9.17) is 4.74 Å². The molecule has 2 heterocycles. The highest BCUT2D eigenvalue weighted by Crippen LogP contribution is 2.30. The predicted octanol–water partition coefficient (Wildman–Crippen LogP) is 3.93. The van der Waals surface area contributed by atoms with Gasteiger partial charge in [-0.15, -0.1) is 0 Å². The monoisotopic (exact) mass is 458 g/mol. The van der Waals surface area contributed by atoms with E-state index < -0.39 is 17.5 Å². The van der Waals surface area contributed by atoms with Gasteiger partial charge < -0.3 is 14.6 Å². The van der Waals surface area contributed by atoms with Crippen molar-refractivity contribution in [3.63, 3.8) is 0 Å². The van der Waals surface area contributed by atoms with E-state index in [1.165, 1.54) is 4.57 Å². The van der Waals surface area contributed by atoms with Crippen LogP contribution < -0.4 is 15.6 Å². The molecule has 0 aliphatic rings. The molecule has 0 aliphatic carbocycles. The van der Waals surface area contributed by atoms with Gasteiger partial charge in [-0.3, -0.25) is 14.2 Å². The van der Waals surface area contributed by atoms with Crippen LogP contribution in [0.5, 0.6) is 5.75 Å². The number of carbonyl (C=O) groups is 1. The van der Waals surface area contributed by atoms with Gasteiger partial charge in [0.25, 0.3) is 5.56 Å². The lowest BCUT2D eigenvalue weighted by Gasteiger charge is -2.11. The molecule has 0 unspecified atom stereocenters. The number of ether oxygens (including phenoxy) is 1. The molecule has 0 atom stereocenters. The number of anilines is 1. The van der Waals surface area contributed by atoms with Gasteiger partial charge in [0.2, 0.25) is 5.91 Å².